The molecule has 0 atom stereocenters. The zero-order valence-electron chi connectivity index (χ0n) is 19.6. The van der Waals surface area contributed by atoms with Crippen molar-refractivity contribution >= 4 is 12.2 Å². The van der Waals surface area contributed by atoms with E-state index in [1.807, 2.05) is 0 Å². The highest BCUT2D eigenvalue weighted by Crippen LogP contribution is 2.32. The average molecular weight is 477 g/mol. The summed E-state index contributed by atoms with van der Waals surface area (Å²) in [5.74, 6) is -0.957. The van der Waals surface area contributed by atoms with Gasteiger partial charge in [-0.1, -0.05) is 0 Å². The molecule has 3 N–H and O–H groups in total. The molecule has 1 saturated heterocycles. The van der Waals surface area contributed by atoms with Crippen LogP contribution < -0.4 is 25.3 Å². The first-order chi connectivity index (χ1) is 16.4. The molecule has 11 heteroatoms. The zero-order chi connectivity index (χ0) is 24.5. The van der Waals surface area contributed by atoms with Gasteiger partial charge in [-0.25, -0.2) is 18.7 Å². The van der Waals surface area contributed by atoms with Gasteiger partial charge in [0.2, 0.25) is 5.95 Å². The Bertz CT molecular complexity index is 981. The van der Waals surface area contributed by atoms with E-state index < -0.39 is 18.2 Å². The van der Waals surface area contributed by atoms with Crippen LogP contribution in [0.1, 0.15) is 18.4 Å². The van der Waals surface area contributed by atoms with Gasteiger partial charge in [0.1, 0.15) is 6.61 Å². The Morgan fingerprint density at radius 3 is 2.35 bits per heavy atom. The Kier molecular flexibility index (Phi) is 8.97. The SMILES string of the molecule is COc1cc(OC)c(F)c(COc2cnc(N/C(C=NCC3CCN(C)CC3)=C/N)nc2)c1F. The molecule has 0 bridgehead atoms. The first kappa shape index (κ1) is 25.2. The maximum atomic E-state index is 14.5. The Hall–Kier alpha value is -3.47. The molecule has 0 saturated carbocycles. The van der Waals surface area contributed by atoms with Crippen molar-refractivity contribution in [2.45, 2.75) is 19.4 Å². The van der Waals surface area contributed by atoms with Crippen LogP contribution in [0.25, 0.3) is 0 Å². The van der Waals surface area contributed by atoms with Crippen LogP contribution in [-0.2, 0) is 6.61 Å². The number of rotatable bonds is 10. The minimum atomic E-state index is -0.864. The van der Waals surface area contributed by atoms with Gasteiger partial charge >= 0.3 is 0 Å². The quantitative estimate of drug-likeness (QED) is 0.504. The lowest BCUT2D eigenvalue weighted by atomic mass is 9.97. The monoisotopic (exact) mass is 476 g/mol. The molecule has 2 aromatic rings. The van der Waals surface area contributed by atoms with Crippen molar-refractivity contribution < 1.29 is 23.0 Å². The normalized spacial score (nSPS) is 15.5. The fraction of sp³-hybridized carbons (Fsp3) is 0.435. The first-order valence-electron chi connectivity index (χ1n) is 10.9. The summed E-state index contributed by atoms with van der Waals surface area (Å²) in [6.45, 7) is 2.51. The molecule has 1 aromatic carbocycles. The summed E-state index contributed by atoms with van der Waals surface area (Å²) in [4.78, 5) is 15.1. The summed E-state index contributed by atoms with van der Waals surface area (Å²) in [6, 6.07) is 1.14. The first-order valence-corrected chi connectivity index (χ1v) is 10.9. The second kappa shape index (κ2) is 12.1. The van der Waals surface area contributed by atoms with Gasteiger partial charge in [0.15, 0.2) is 28.9 Å². The number of nitrogens with zero attached hydrogens (tertiary/aromatic N) is 4. The van der Waals surface area contributed by atoms with Crippen molar-refractivity contribution in [3.63, 3.8) is 0 Å². The van der Waals surface area contributed by atoms with E-state index in [0.717, 1.165) is 38.5 Å². The minimum absolute atomic E-state index is 0.147. The molecule has 1 aliphatic rings. The highest BCUT2D eigenvalue weighted by molar-refractivity contribution is 5.82. The summed E-state index contributed by atoms with van der Waals surface area (Å²) < 4.78 is 44.2. The molecule has 2 heterocycles. The number of piperidine rings is 1. The molecule has 0 amide bonds. The van der Waals surface area contributed by atoms with Crippen molar-refractivity contribution in [1.82, 2.24) is 14.9 Å². The zero-order valence-corrected chi connectivity index (χ0v) is 19.6. The maximum absolute atomic E-state index is 14.5. The Morgan fingerprint density at radius 2 is 1.79 bits per heavy atom. The van der Waals surface area contributed by atoms with Crippen LogP contribution in [-0.4, -0.2) is 62.0 Å². The van der Waals surface area contributed by atoms with Crippen LogP contribution in [0, 0.1) is 17.6 Å². The summed E-state index contributed by atoms with van der Waals surface area (Å²) in [7, 11) is 4.69. The lowest BCUT2D eigenvalue weighted by Gasteiger charge is -2.27. The molecule has 3 rings (SSSR count). The number of nitrogens with two attached hydrogens (primary N) is 1. The standard InChI is InChI=1S/C23H30F2N6O3/c1-31-6-4-15(5-7-31)10-27-11-16(9-26)30-23-28-12-17(13-29-23)34-14-18-21(24)19(32-2)8-20(33-3)22(18)25/h8-9,11-13,15H,4-7,10,14,26H2,1-3H3,(H,28,29,30)/b16-9+,27-11?. The second-order valence-electron chi connectivity index (χ2n) is 7.91. The van der Waals surface area contributed by atoms with Crippen LogP contribution in [0.4, 0.5) is 14.7 Å². The van der Waals surface area contributed by atoms with Gasteiger partial charge in [-0.3, -0.25) is 4.99 Å². The Balaban J connectivity index is 1.56. The summed E-state index contributed by atoms with van der Waals surface area (Å²) in [5, 5.41) is 2.97. The number of methoxy groups -OCH3 is 2. The van der Waals surface area contributed by atoms with E-state index in [2.05, 4.69) is 32.2 Å². The van der Waals surface area contributed by atoms with E-state index in [-0.39, 0.29) is 28.8 Å². The fourth-order valence-electron chi connectivity index (χ4n) is 3.46. The van der Waals surface area contributed by atoms with E-state index in [0.29, 0.717) is 11.6 Å². The number of likely N-dealkylation sites (tertiary alicyclic amines) is 1. The van der Waals surface area contributed by atoms with Crippen molar-refractivity contribution in [2.75, 3.05) is 46.2 Å². The number of aliphatic imine (C=N–C) groups is 1. The van der Waals surface area contributed by atoms with Crippen molar-refractivity contribution in [2.24, 2.45) is 16.6 Å². The molecule has 34 heavy (non-hydrogen) atoms. The summed E-state index contributed by atoms with van der Waals surface area (Å²) in [5.41, 5.74) is 5.91. The molecular formula is C23H30F2N6O3. The average Bonchev–Trinajstić information content (AvgIpc) is 2.85. The van der Waals surface area contributed by atoms with Crippen LogP contribution in [0.15, 0.2) is 35.3 Å². The molecule has 184 valence electrons. The van der Waals surface area contributed by atoms with Crippen molar-refractivity contribution in [3.05, 3.63) is 47.6 Å². The third-order valence-electron chi connectivity index (χ3n) is 5.54. The summed E-state index contributed by atoms with van der Waals surface area (Å²) in [6.07, 6.45) is 8.06. The molecule has 1 fully saturated rings. The largest absolute Gasteiger partial charge is 0.494 e. The number of allylic oxidation sites excluding steroid dienone is 1. The number of ether oxygens (including phenoxy) is 3. The number of benzene rings is 1. The van der Waals surface area contributed by atoms with Crippen molar-refractivity contribution in [1.29, 1.82) is 0 Å². The van der Waals surface area contributed by atoms with Crippen LogP contribution in [0.5, 0.6) is 17.2 Å². The molecule has 0 aliphatic carbocycles. The number of anilines is 1. The number of halogens is 2. The highest BCUT2D eigenvalue weighted by atomic mass is 19.1. The van der Waals surface area contributed by atoms with Crippen LogP contribution in [0.3, 0.4) is 0 Å². The van der Waals surface area contributed by atoms with E-state index in [4.69, 9.17) is 19.9 Å². The predicted molar refractivity (Wildman–Crippen MR) is 125 cm³/mol. The molecule has 0 radical (unpaired) electrons. The number of aromatic nitrogens is 2. The second-order valence-corrected chi connectivity index (χ2v) is 7.91. The number of nitrogens with one attached hydrogen (secondary N) is 1. The highest BCUT2D eigenvalue weighted by Gasteiger charge is 2.20. The van der Waals surface area contributed by atoms with Crippen LogP contribution >= 0.6 is 0 Å². The van der Waals surface area contributed by atoms with Gasteiger partial charge in [-0.15, -0.1) is 0 Å². The minimum Gasteiger partial charge on any atom is -0.494 e. The lowest BCUT2D eigenvalue weighted by Crippen LogP contribution is -2.31. The van der Waals surface area contributed by atoms with E-state index in [1.54, 1.807) is 6.21 Å². The molecular weight excluding hydrogens is 446 g/mol. The molecule has 1 aromatic heterocycles. The number of hydrogen-bond acceptors (Lipinski definition) is 9. The summed E-state index contributed by atoms with van der Waals surface area (Å²) >= 11 is 0. The van der Waals surface area contributed by atoms with E-state index >= 15 is 0 Å². The maximum Gasteiger partial charge on any atom is 0.227 e. The Morgan fingerprint density at radius 1 is 1.18 bits per heavy atom. The van der Waals surface area contributed by atoms with E-state index in [1.165, 1.54) is 32.8 Å². The van der Waals surface area contributed by atoms with Gasteiger partial charge in [0.25, 0.3) is 0 Å². The van der Waals surface area contributed by atoms with E-state index in [9.17, 15) is 8.78 Å². The molecule has 0 unspecified atom stereocenters. The third kappa shape index (κ3) is 6.53. The van der Waals surface area contributed by atoms with Gasteiger partial charge in [-0.05, 0) is 38.9 Å². The third-order valence-corrected chi connectivity index (χ3v) is 5.54. The fourth-order valence-corrected chi connectivity index (χ4v) is 3.46. The van der Waals surface area contributed by atoms with Gasteiger partial charge < -0.3 is 30.2 Å². The molecule has 0 spiro atoms. The van der Waals surface area contributed by atoms with Gasteiger partial charge in [0.05, 0.1) is 37.9 Å². The lowest BCUT2D eigenvalue weighted by molar-refractivity contribution is 0.224. The predicted octanol–water partition coefficient (Wildman–Crippen LogP) is 2.98. The molecule has 1 aliphatic heterocycles. The van der Waals surface area contributed by atoms with Crippen molar-refractivity contribution in [3.8, 4) is 17.2 Å². The number of hydrogen-bond donors (Lipinski definition) is 2. The topological polar surface area (TPSA) is 107 Å². The van der Waals surface area contributed by atoms with Gasteiger partial charge in [-0.2, -0.15) is 0 Å². The van der Waals surface area contributed by atoms with Gasteiger partial charge in [0, 0.05) is 25.0 Å². The Labute approximate surface area is 197 Å². The van der Waals surface area contributed by atoms with Crippen LogP contribution in [0.2, 0.25) is 0 Å². The smallest absolute Gasteiger partial charge is 0.227 e. The molecule has 9 nitrogen and oxygen atoms in total.